The molecule has 98 valence electrons. The van der Waals surface area contributed by atoms with Crippen molar-refractivity contribution in [1.29, 1.82) is 0 Å². The van der Waals surface area contributed by atoms with Crippen molar-refractivity contribution in [2.75, 3.05) is 0 Å². The molecule has 2 aromatic rings. The molecule has 0 saturated heterocycles. The van der Waals surface area contributed by atoms with E-state index in [1.807, 2.05) is 56.5 Å². The fourth-order valence-electron chi connectivity index (χ4n) is 1.77. The predicted molar refractivity (Wildman–Crippen MR) is 80.6 cm³/mol. The van der Waals surface area contributed by atoms with E-state index in [2.05, 4.69) is 0 Å². The van der Waals surface area contributed by atoms with Gasteiger partial charge in [0.2, 0.25) is 0 Å². The van der Waals surface area contributed by atoms with Crippen LogP contribution in [0.5, 0.6) is 0 Å². The average Bonchev–Trinajstić information content (AvgIpc) is 2.39. The van der Waals surface area contributed by atoms with Crippen LogP contribution in [0.4, 0.5) is 0 Å². The molecule has 0 aliphatic carbocycles. The van der Waals surface area contributed by atoms with E-state index in [-0.39, 0.29) is 5.56 Å². The summed E-state index contributed by atoms with van der Waals surface area (Å²) in [6.07, 6.45) is 3.91. The van der Waals surface area contributed by atoms with Crippen LogP contribution in [-0.4, -0.2) is 4.57 Å². The number of hydrogen-bond acceptors (Lipinski definition) is 1. The molecule has 19 heavy (non-hydrogen) atoms. The van der Waals surface area contributed by atoms with Crippen molar-refractivity contribution in [2.45, 2.75) is 20.4 Å². The number of benzene rings is 1. The number of pyridine rings is 1. The molecule has 1 heterocycles. The van der Waals surface area contributed by atoms with Crippen molar-refractivity contribution in [3.63, 3.8) is 0 Å². The van der Waals surface area contributed by atoms with Gasteiger partial charge in [-0.2, -0.15) is 0 Å². The number of aromatic nitrogens is 1. The maximum atomic E-state index is 11.8. The molecule has 0 atom stereocenters. The van der Waals surface area contributed by atoms with Gasteiger partial charge in [0.15, 0.2) is 0 Å². The van der Waals surface area contributed by atoms with Crippen LogP contribution in [-0.2, 0) is 6.54 Å². The summed E-state index contributed by atoms with van der Waals surface area (Å²) < 4.78 is 1.71. The third-order valence-corrected chi connectivity index (χ3v) is 3.11. The van der Waals surface area contributed by atoms with Crippen LogP contribution >= 0.6 is 11.6 Å². The van der Waals surface area contributed by atoms with Crippen LogP contribution in [0.25, 0.3) is 11.1 Å². The maximum Gasteiger partial charge on any atom is 0.250 e. The predicted octanol–water partition coefficient (Wildman–Crippen LogP) is 4.13. The van der Waals surface area contributed by atoms with Crippen LogP contribution in [0.1, 0.15) is 13.8 Å². The van der Waals surface area contributed by atoms with Crippen molar-refractivity contribution in [1.82, 2.24) is 4.57 Å². The van der Waals surface area contributed by atoms with Crippen LogP contribution in [0.15, 0.2) is 59.0 Å². The lowest BCUT2D eigenvalue weighted by molar-refractivity contribution is 0.776. The molecule has 0 aliphatic rings. The van der Waals surface area contributed by atoms with E-state index < -0.39 is 0 Å². The molecular formula is C16H16ClNO. The van der Waals surface area contributed by atoms with E-state index in [1.54, 1.807) is 10.6 Å². The Labute approximate surface area is 118 Å². The monoisotopic (exact) mass is 273 g/mol. The molecule has 0 fully saturated rings. The summed E-state index contributed by atoms with van der Waals surface area (Å²) >= 11 is 5.88. The first kappa shape index (κ1) is 13.6. The van der Waals surface area contributed by atoms with Crippen molar-refractivity contribution < 1.29 is 0 Å². The van der Waals surface area contributed by atoms with Gasteiger partial charge in [-0.25, -0.2) is 0 Å². The van der Waals surface area contributed by atoms with Gasteiger partial charge in [0.1, 0.15) is 0 Å². The Bertz CT molecular complexity index is 649. The van der Waals surface area contributed by atoms with Crippen LogP contribution in [0.3, 0.4) is 0 Å². The molecule has 0 spiro atoms. The van der Waals surface area contributed by atoms with E-state index in [9.17, 15) is 4.79 Å². The summed E-state index contributed by atoms with van der Waals surface area (Å²) in [7, 11) is 0. The minimum atomic E-state index is 0.00946. The molecule has 0 N–H and O–H groups in total. The molecule has 0 saturated carbocycles. The van der Waals surface area contributed by atoms with Crippen molar-refractivity contribution in [2.24, 2.45) is 0 Å². The summed E-state index contributed by atoms with van der Waals surface area (Å²) in [5.74, 6) is 0. The molecule has 1 aromatic heterocycles. The molecule has 0 unspecified atom stereocenters. The lowest BCUT2D eigenvalue weighted by atomic mass is 10.1. The molecule has 2 nitrogen and oxygen atoms in total. The van der Waals surface area contributed by atoms with Crippen LogP contribution in [0.2, 0.25) is 5.02 Å². The normalized spacial score (nSPS) is 10.3. The van der Waals surface area contributed by atoms with Gasteiger partial charge in [-0.05, 0) is 43.2 Å². The number of allylic oxidation sites excluding steroid dienone is 2. The SMILES string of the molecule is CC(C)=CCn1cc(-c2ccc(Cl)cc2)ccc1=O. The molecule has 0 radical (unpaired) electrons. The van der Waals surface area contributed by atoms with Gasteiger partial charge in [0.05, 0.1) is 0 Å². The third kappa shape index (κ3) is 3.58. The second-order valence-corrected chi connectivity index (χ2v) is 5.13. The van der Waals surface area contributed by atoms with E-state index in [4.69, 9.17) is 11.6 Å². The highest BCUT2D eigenvalue weighted by Gasteiger charge is 2.01. The quantitative estimate of drug-likeness (QED) is 0.771. The first-order valence-corrected chi connectivity index (χ1v) is 6.54. The minimum absolute atomic E-state index is 0.00946. The molecule has 0 aliphatic heterocycles. The van der Waals surface area contributed by atoms with Crippen LogP contribution < -0.4 is 5.56 Å². The fourth-order valence-corrected chi connectivity index (χ4v) is 1.89. The number of hydrogen-bond donors (Lipinski definition) is 0. The topological polar surface area (TPSA) is 22.0 Å². The first-order valence-electron chi connectivity index (χ1n) is 6.16. The molecule has 1 aromatic carbocycles. The Kier molecular flexibility index (Phi) is 4.23. The van der Waals surface area contributed by atoms with E-state index in [1.165, 1.54) is 5.57 Å². The molecular weight excluding hydrogens is 258 g/mol. The van der Waals surface area contributed by atoms with Gasteiger partial charge in [0.25, 0.3) is 5.56 Å². The standard InChI is InChI=1S/C16H16ClNO/c1-12(2)9-10-18-11-14(5-8-16(18)19)13-3-6-15(17)7-4-13/h3-9,11H,10H2,1-2H3. The summed E-state index contributed by atoms with van der Waals surface area (Å²) in [5, 5.41) is 0.710. The summed E-state index contributed by atoms with van der Waals surface area (Å²) in [6, 6.07) is 11.0. The molecule has 0 amide bonds. The Morgan fingerprint density at radius 1 is 1.11 bits per heavy atom. The first-order chi connectivity index (χ1) is 9.06. The van der Waals surface area contributed by atoms with Crippen molar-refractivity contribution in [3.05, 3.63) is 69.6 Å². The fraction of sp³-hybridized carbons (Fsp3) is 0.188. The molecule has 3 heteroatoms. The summed E-state index contributed by atoms with van der Waals surface area (Å²) in [5.41, 5.74) is 3.27. The molecule has 2 rings (SSSR count). The average molecular weight is 274 g/mol. The van der Waals surface area contributed by atoms with E-state index in [0.717, 1.165) is 11.1 Å². The van der Waals surface area contributed by atoms with Crippen molar-refractivity contribution >= 4 is 11.6 Å². The maximum absolute atomic E-state index is 11.8. The second-order valence-electron chi connectivity index (χ2n) is 4.70. The zero-order valence-electron chi connectivity index (χ0n) is 11.1. The highest BCUT2D eigenvalue weighted by atomic mass is 35.5. The number of rotatable bonds is 3. The Balaban J connectivity index is 2.38. The smallest absolute Gasteiger partial charge is 0.250 e. The van der Waals surface area contributed by atoms with Crippen molar-refractivity contribution in [3.8, 4) is 11.1 Å². The summed E-state index contributed by atoms with van der Waals surface area (Å²) in [6.45, 7) is 4.64. The van der Waals surface area contributed by atoms with Gasteiger partial charge in [-0.3, -0.25) is 4.79 Å². The number of halogens is 1. The Morgan fingerprint density at radius 2 is 1.74 bits per heavy atom. The lowest BCUT2D eigenvalue weighted by Crippen LogP contribution is -2.17. The van der Waals surface area contributed by atoms with Gasteiger partial charge in [-0.1, -0.05) is 35.4 Å². The third-order valence-electron chi connectivity index (χ3n) is 2.86. The van der Waals surface area contributed by atoms with E-state index in [0.29, 0.717) is 11.6 Å². The Morgan fingerprint density at radius 3 is 2.37 bits per heavy atom. The summed E-state index contributed by atoms with van der Waals surface area (Å²) in [4.78, 5) is 11.8. The van der Waals surface area contributed by atoms with Gasteiger partial charge in [-0.15, -0.1) is 0 Å². The molecule has 0 bridgehead atoms. The van der Waals surface area contributed by atoms with Crippen LogP contribution in [0, 0.1) is 0 Å². The van der Waals surface area contributed by atoms with Gasteiger partial charge < -0.3 is 4.57 Å². The highest BCUT2D eigenvalue weighted by molar-refractivity contribution is 6.30. The zero-order valence-corrected chi connectivity index (χ0v) is 11.8. The minimum Gasteiger partial charge on any atom is -0.311 e. The Hall–Kier alpha value is -1.80. The second kappa shape index (κ2) is 5.89. The van der Waals surface area contributed by atoms with Gasteiger partial charge in [0, 0.05) is 23.8 Å². The largest absolute Gasteiger partial charge is 0.311 e. The highest BCUT2D eigenvalue weighted by Crippen LogP contribution is 2.20. The zero-order chi connectivity index (χ0) is 13.8. The van der Waals surface area contributed by atoms with E-state index >= 15 is 0 Å². The number of nitrogens with zero attached hydrogens (tertiary/aromatic N) is 1. The van der Waals surface area contributed by atoms with Gasteiger partial charge >= 0.3 is 0 Å². The lowest BCUT2D eigenvalue weighted by Gasteiger charge is -2.07.